The third-order valence-electron chi connectivity index (χ3n) is 3.70. The normalized spacial score (nSPS) is 25.0. The van der Waals surface area contributed by atoms with Gasteiger partial charge >= 0.3 is 5.97 Å². The highest BCUT2D eigenvalue weighted by Crippen LogP contribution is 2.40. The fourth-order valence-corrected chi connectivity index (χ4v) is 4.22. The fraction of sp³-hybridized carbons (Fsp3) is 0.667. The molecule has 106 valence electrons. The molecule has 1 aliphatic rings. The first-order valence-corrected chi connectivity index (χ1v) is 7.88. The molecule has 0 bridgehead atoms. The van der Waals surface area contributed by atoms with Crippen LogP contribution in [0.25, 0.3) is 0 Å². The highest BCUT2D eigenvalue weighted by Gasteiger charge is 2.23. The van der Waals surface area contributed by atoms with E-state index in [1.54, 1.807) is 6.07 Å². The van der Waals surface area contributed by atoms with Gasteiger partial charge in [-0.25, -0.2) is 4.79 Å². The lowest BCUT2D eigenvalue weighted by molar-refractivity contribution is 0.0563. The predicted molar refractivity (Wildman–Crippen MR) is 77.5 cm³/mol. The molecule has 4 heteroatoms. The number of carbonyl (C=O) groups excluding carboxylic acids is 1. The van der Waals surface area contributed by atoms with E-state index in [0.717, 1.165) is 11.7 Å². The van der Waals surface area contributed by atoms with Gasteiger partial charge in [0.2, 0.25) is 5.76 Å². The molecule has 1 aromatic rings. The average molecular weight is 282 g/mol. The lowest BCUT2D eigenvalue weighted by atomic mass is 9.91. The smallest absolute Gasteiger partial charge is 0.373 e. The Morgan fingerprint density at radius 3 is 2.95 bits per heavy atom. The van der Waals surface area contributed by atoms with Gasteiger partial charge in [0.1, 0.15) is 5.76 Å². The molecule has 0 aromatic carbocycles. The zero-order chi connectivity index (χ0) is 13.8. The van der Waals surface area contributed by atoms with Crippen molar-refractivity contribution in [1.82, 2.24) is 0 Å². The zero-order valence-electron chi connectivity index (χ0n) is 11.8. The Labute approximate surface area is 119 Å². The monoisotopic (exact) mass is 282 g/mol. The molecule has 0 amide bonds. The van der Waals surface area contributed by atoms with Gasteiger partial charge in [-0.05, 0) is 37.8 Å². The Bertz CT molecular complexity index is 427. The highest BCUT2D eigenvalue weighted by molar-refractivity contribution is 8.00. The van der Waals surface area contributed by atoms with Gasteiger partial charge in [-0.2, -0.15) is 0 Å². The van der Waals surface area contributed by atoms with Crippen molar-refractivity contribution in [3.63, 3.8) is 0 Å². The second-order valence-electron chi connectivity index (χ2n) is 5.37. The predicted octanol–water partition coefficient (Wildman–Crippen LogP) is 4.44. The van der Waals surface area contributed by atoms with E-state index < -0.39 is 5.97 Å². The lowest BCUT2D eigenvalue weighted by Gasteiger charge is -2.27. The van der Waals surface area contributed by atoms with Crippen LogP contribution in [0.15, 0.2) is 16.5 Å². The van der Waals surface area contributed by atoms with E-state index in [1.807, 2.05) is 17.8 Å². The molecule has 0 saturated heterocycles. The van der Waals surface area contributed by atoms with Gasteiger partial charge in [-0.3, -0.25) is 0 Å². The van der Waals surface area contributed by atoms with Crippen LogP contribution in [0.3, 0.4) is 0 Å². The molecule has 3 nitrogen and oxygen atoms in total. The van der Waals surface area contributed by atoms with Crippen LogP contribution in [0.4, 0.5) is 0 Å². The number of hydrogen-bond donors (Lipinski definition) is 0. The van der Waals surface area contributed by atoms with Gasteiger partial charge in [0, 0.05) is 5.25 Å². The largest absolute Gasteiger partial charge is 0.463 e. The fourth-order valence-electron chi connectivity index (χ4n) is 2.64. The summed E-state index contributed by atoms with van der Waals surface area (Å²) in [4.78, 5) is 11.4. The first-order chi connectivity index (χ1) is 9.10. The highest BCUT2D eigenvalue weighted by atomic mass is 32.2. The molecular weight excluding hydrogens is 260 g/mol. The molecule has 3 unspecified atom stereocenters. The van der Waals surface area contributed by atoms with Crippen molar-refractivity contribution in [3.8, 4) is 0 Å². The summed E-state index contributed by atoms with van der Waals surface area (Å²) in [6.45, 7) is 4.48. The Balaban J connectivity index is 1.93. The van der Waals surface area contributed by atoms with Crippen molar-refractivity contribution < 1.29 is 13.9 Å². The van der Waals surface area contributed by atoms with Gasteiger partial charge in [-0.1, -0.05) is 19.8 Å². The van der Waals surface area contributed by atoms with Crippen molar-refractivity contribution >= 4 is 17.7 Å². The molecule has 1 heterocycles. The molecule has 1 fully saturated rings. The summed E-state index contributed by atoms with van der Waals surface area (Å²) < 4.78 is 10.2. The number of carbonyl (C=O) groups is 1. The second kappa shape index (κ2) is 6.51. The quantitative estimate of drug-likeness (QED) is 0.765. The van der Waals surface area contributed by atoms with Crippen LogP contribution in [0.2, 0.25) is 0 Å². The molecule has 0 radical (unpaired) electrons. The summed E-state index contributed by atoms with van der Waals surface area (Å²) in [5.41, 5.74) is 0. The lowest BCUT2D eigenvalue weighted by Crippen LogP contribution is -2.15. The number of hydrogen-bond acceptors (Lipinski definition) is 4. The van der Waals surface area contributed by atoms with E-state index in [2.05, 4.69) is 18.6 Å². The summed E-state index contributed by atoms with van der Waals surface area (Å²) in [5.74, 6) is 1.58. The molecule has 1 saturated carbocycles. The molecule has 1 aliphatic carbocycles. The maximum atomic E-state index is 11.4. The van der Waals surface area contributed by atoms with Crippen molar-refractivity contribution in [2.24, 2.45) is 5.92 Å². The summed E-state index contributed by atoms with van der Waals surface area (Å²) in [5, 5.41) is 0.999. The molecule has 1 aromatic heterocycles. The third-order valence-corrected chi connectivity index (χ3v) is 5.15. The SMILES string of the molecule is COC(=O)c1ccc(C(C)SC2CCCC(C)C2)o1. The minimum Gasteiger partial charge on any atom is -0.463 e. The minimum absolute atomic E-state index is 0.286. The summed E-state index contributed by atoms with van der Waals surface area (Å²) >= 11 is 1.96. The van der Waals surface area contributed by atoms with Crippen molar-refractivity contribution in [2.45, 2.75) is 50.0 Å². The number of thioether (sulfide) groups is 1. The number of methoxy groups -OCH3 is 1. The van der Waals surface area contributed by atoms with E-state index in [-0.39, 0.29) is 5.25 Å². The van der Waals surface area contributed by atoms with Crippen LogP contribution in [-0.4, -0.2) is 18.3 Å². The molecular formula is C15H22O3S. The Morgan fingerprint density at radius 1 is 1.47 bits per heavy atom. The van der Waals surface area contributed by atoms with Crippen LogP contribution in [0, 0.1) is 5.92 Å². The maximum absolute atomic E-state index is 11.4. The Morgan fingerprint density at radius 2 is 2.26 bits per heavy atom. The van der Waals surface area contributed by atoms with Crippen molar-refractivity contribution in [2.75, 3.05) is 7.11 Å². The Kier molecular flexibility index (Phi) is 4.97. The van der Waals surface area contributed by atoms with E-state index in [4.69, 9.17) is 4.42 Å². The van der Waals surface area contributed by atoms with Crippen LogP contribution in [0.1, 0.15) is 61.1 Å². The van der Waals surface area contributed by atoms with Gasteiger partial charge < -0.3 is 9.15 Å². The van der Waals surface area contributed by atoms with Gasteiger partial charge in [0.05, 0.1) is 12.4 Å². The van der Waals surface area contributed by atoms with E-state index in [0.29, 0.717) is 11.0 Å². The Hall–Kier alpha value is -0.900. The summed E-state index contributed by atoms with van der Waals surface area (Å²) in [7, 11) is 1.37. The molecule has 3 atom stereocenters. The van der Waals surface area contributed by atoms with Gasteiger partial charge in [-0.15, -0.1) is 11.8 Å². The van der Waals surface area contributed by atoms with Crippen molar-refractivity contribution in [1.29, 1.82) is 0 Å². The maximum Gasteiger partial charge on any atom is 0.373 e. The molecule has 0 spiro atoms. The van der Waals surface area contributed by atoms with Crippen LogP contribution >= 0.6 is 11.8 Å². The van der Waals surface area contributed by atoms with Gasteiger partial charge in [0.25, 0.3) is 0 Å². The topological polar surface area (TPSA) is 39.4 Å². The van der Waals surface area contributed by atoms with Crippen LogP contribution in [-0.2, 0) is 4.74 Å². The number of ether oxygens (including phenoxy) is 1. The van der Waals surface area contributed by atoms with Crippen LogP contribution < -0.4 is 0 Å². The van der Waals surface area contributed by atoms with E-state index >= 15 is 0 Å². The van der Waals surface area contributed by atoms with E-state index in [1.165, 1.54) is 32.8 Å². The van der Waals surface area contributed by atoms with Crippen LogP contribution in [0.5, 0.6) is 0 Å². The minimum atomic E-state index is -0.408. The molecule has 0 aliphatic heterocycles. The number of rotatable bonds is 4. The summed E-state index contributed by atoms with van der Waals surface area (Å²) in [6, 6.07) is 3.58. The molecule has 2 rings (SSSR count). The molecule has 19 heavy (non-hydrogen) atoms. The van der Waals surface area contributed by atoms with Gasteiger partial charge in [0.15, 0.2) is 0 Å². The number of furan rings is 1. The zero-order valence-corrected chi connectivity index (χ0v) is 12.7. The first kappa shape index (κ1) is 14.5. The summed E-state index contributed by atoms with van der Waals surface area (Å²) in [6.07, 6.45) is 5.28. The third kappa shape index (κ3) is 3.78. The average Bonchev–Trinajstić information content (AvgIpc) is 2.87. The molecule has 0 N–H and O–H groups in total. The second-order valence-corrected chi connectivity index (χ2v) is 7.01. The van der Waals surface area contributed by atoms with E-state index in [9.17, 15) is 4.79 Å². The van der Waals surface area contributed by atoms with Crippen molar-refractivity contribution in [3.05, 3.63) is 23.7 Å². The first-order valence-electron chi connectivity index (χ1n) is 6.93. The number of esters is 1. The standard InChI is InChI=1S/C15H22O3S/c1-10-5-4-6-12(9-10)19-11(2)13-7-8-14(18-13)15(16)17-3/h7-8,10-12H,4-6,9H2,1-3H3.